The van der Waals surface area contributed by atoms with E-state index >= 15 is 0 Å². The average Bonchev–Trinajstić information content (AvgIpc) is 2.83. The van der Waals surface area contributed by atoms with Gasteiger partial charge in [0.05, 0.1) is 6.04 Å². The van der Waals surface area contributed by atoms with Crippen LogP contribution in [-0.2, 0) is 0 Å². The van der Waals surface area contributed by atoms with Crippen molar-refractivity contribution < 1.29 is 8.81 Å². The normalized spacial score (nSPS) is 13.1. The lowest BCUT2D eigenvalue weighted by molar-refractivity contribution is 0.402. The van der Waals surface area contributed by atoms with Crippen LogP contribution in [0.2, 0.25) is 0 Å². The van der Waals surface area contributed by atoms with Crippen LogP contribution in [0.1, 0.15) is 50.5 Å². The highest BCUT2D eigenvalue weighted by atomic mass is 19.1. The standard InChI is InChI=1S/C16H22FNO/c1-4-6-13(18-9-5-2)14-10-12-8-7-11(3)15(17)16(12)19-14/h7-8,10,13,18H,4-6,9H2,1-3H3. The van der Waals surface area contributed by atoms with Crippen molar-refractivity contribution in [2.45, 2.75) is 46.1 Å². The van der Waals surface area contributed by atoms with E-state index in [1.54, 1.807) is 13.0 Å². The number of benzene rings is 1. The van der Waals surface area contributed by atoms with Gasteiger partial charge in [-0.15, -0.1) is 0 Å². The van der Waals surface area contributed by atoms with Crippen LogP contribution in [-0.4, -0.2) is 6.54 Å². The van der Waals surface area contributed by atoms with Gasteiger partial charge in [-0.25, -0.2) is 4.39 Å². The van der Waals surface area contributed by atoms with E-state index in [4.69, 9.17) is 4.42 Å². The maximum atomic E-state index is 14.0. The summed E-state index contributed by atoms with van der Waals surface area (Å²) >= 11 is 0. The third kappa shape index (κ3) is 2.98. The largest absolute Gasteiger partial charge is 0.456 e. The van der Waals surface area contributed by atoms with Gasteiger partial charge in [0, 0.05) is 5.39 Å². The molecule has 0 fully saturated rings. The predicted molar refractivity (Wildman–Crippen MR) is 76.9 cm³/mol. The summed E-state index contributed by atoms with van der Waals surface area (Å²) in [6.07, 6.45) is 3.15. The molecule has 0 amide bonds. The Labute approximate surface area is 114 Å². The fraction of sp³-hybridized carbons (Fsp3) is 0.500. The van der Waals surface area contributed by atoms with Crippen LogP contribution in [0, 0.1) is 12.7 Å². The molecule has 0 radical (unpaired) electrons. The Morgan fingerprint density at radius 3 is 2.74 bits per heavy atom. The first-order chi connectivity index (χ1) is 9.17. The van der Waals surface area contributed by atoms with Crippen molar-refractivity contribution in [3.8, 4) is 0 Å². The number of aryl methyl sites for hydroxylation is 1. The topological polar surface area (TPSA) is 25.2 Å². The summed E-state index contributed by atoms with van der Waals surface area (Å²) in [5, 5.41) is 4.31. The third-order valence-corrected chi connectivity index (χ3v) is 3.40. The molecule has 1 N–H and O–H groups in total. The molecule has 1 aromatic heterocycles. The second kappa shape index (κ2) is 6.20. The molecule has 0 aliphatic rings. The molecule has 0 bridgehead atoms. The monoisotopic (exact) mass is 263 g/mol. The molecule has 2 nitrogen and oxygen atoms in total. The van der Waals surface area contributed by atoms with Crippen LogP contribution >= 0.6 is 0 Å². The van der Waals surface area contributed by atoms with Gasteiger partial charge in [0.1, 0.15) is 5.76 Å². The number of halogens is 1. The first kappa shape index (κ1) is 14.1. The fourth-order valence-electron chi connectivity index (χ4n) is 2.31. The molecule has 0 aliphatic carbocycles. The number of hydrogen-bond acceptors (Lipinski definition) is 2. The molecule has 0 saturated carbocycles. The maximum absolute atomic E-state index is 14.0. The van der Waals surface area contributed by atoms with Crippen molar-refractivity contribution >= 4 is 11.0 Å². The zero-order valence-electron chi connectivity index (χ0n) is 11.9. The van der Waals surface area contributed by atoms with Crippen LogP contribution < -0.4 is 5.32 Å². The Balaban J connectivity index is 2.34. The molecular weight excluding hydrogens is 241 g/mol. The van der Waals surface area contributed by atoms with E-state index in [2.05, 4.69) is 19.2 Å². The van der Waals surface area contributed by atoms with Gasteiger partial charge in [-0.2, -0.15) is 0 Å². The summed E-state index contributed by atoms with van der Waals surface area (Å²) in [6.45, 7) is 6.99. The molecule has 1 aromatic carbocycles. The Morgan fingerprint density at radius 2 is 2.05 bits per heavy atom. The number of hydrogen-bond donors (Lipinski definition) is 1. The minimum absolute atomic E-state index is 0.178. The van der Waals surface area contributed by atoms with Gasteiger partial charge in [0.2, 0.25) is 0 Å². The second-order valence-corrected chi connectivity index (χ2v) is 5.06. The highest BCUT2D eigenvalue weighted by Crippen LogP contribution is 2.29. The van der Waals surface area contributed by atoms with Crippen molar-refractivity contribution in [1.29, 1.82) is 0 Å². The minimum Gasteiger partial charge on any atom is -0.456 e. The van der Waals surface area contributed by atoms with Crippen molar-refractivity contribution in [2.75, 3.05) is 6.54 Å². The molecule has 2 aromatic rings. The summed E-state index contributed by atoms with van der Waals surface area (Å²) < 4.78 is 19.8. The number of fused-ring (bicyclic) bond motifs is 1. The molecule has 1 unspecified atom stereocenters. The number of rotatable bonds is 6. The molecule has 1 atom stereocenters. The lowest BCUT2D eigenvalue weighted by Crippen LogP contribution is -2.21. The van der Waals surface area contributed by atoms with Gasteiger partial charge < -0.3 is 9.73 Å². The fourth-order valence-corrected chi connectivity index (χ4v) is 2.31. The Morgan fingerprint density at radius 1 is 1.26 bits per heavy atom. The molecule has 0 spiro atoms. The first-order valence-electron chi connectivity index (χ1n) is 7.09. The van der Waals surface area contributed by atoms with Crippen molar-refractivity contribution in [3.63, 3.8) is 0 Å². The first-order valence-corrected chi connectivity index (χ1v) is 7.09. The smallest absolute Gasteiger partial charge is 0.170 e. The van der Waals surface area contributed by atoms with E-state index in [0.717, 1.165) is 37.0 Å². The SMILES string of the molecule is CCCNC(CCC)c1cc2ccc(C)c(F)c2o1. The highest BCUT2D eigenvalue weighted by Gasteiger charge is 2.17. The highest BCUT2D eigenvalue weighted by molar-refractivity contribution is 5.79. The van der Waals surface area contributed by atoms with Crippen molar-refractivity contribution in [1.82, 2.24) is 5.32 Å². The van der Waals surface area contributed by atoms with Crippen molar-refractivity contribution in [2.24, 2.45) is 0 Å². The summed E-state index contributed by atoms with van der Waals surface area (Å²) in [5.74, 6) is 0.601. The van der Waals surface area contributed by atoms with Gasteiger partial charge in [-0.05, 0) is 37.9 Å². The minimum atomic E-state index is -0.241. The third-order valence-electron chi connectivity index (χ3n) is 3.40. The van der Waals surface area contributed by atoms with Crippen LogP contribution in [0.4, 0.5) is 4.39 Å². The zero-order chi connectivity index (χ0) is 13.8. The molecule has 19 heavy (non-hydrogen) atoms. The van der Waals surface area contributed by atoms with Gasteiger partial charge in [-0.3, -0.25) is 0 Å². The molecule has 3 heteroatoms. The Kier molecular flexibility index (Phi) is 4.59. The lowest BCUT2D eigenvalue weighted by Gasteiger charge is -2.14. The summed E-state index contributed by atoms with van der Waals surface area (Å²) in [6, 6.07) is 5.85. The molecule has 0 saturated heterocycles. The van der Waals surface area contributed by atoms with Crippen LogP contribution in [0.25, 0.3) is 11.0 Å². The molecule has 1 heterocycles. The van der Waals surface area contributed by atoms with E-state index < -0.39 is 0 Å². The quantitative estimate of drug-likeness (QED) is 0.815. The van der Waals surface area contributed by atoms with Crippen molar-refractivity contribution in [3.05, 3.63) is 35.3 Å². The van der Waals surface area contributed by atoms with Gasteiger partial charge in [0.15, 0.2) is 11.4 Å². The summed E-state index contributed by atoms with van der Waals surface area (Å²) in [4.78, 5) is 0. The van der Waals surface area contributed by atoms with Crippen LogP contribution in [0.15, 0.2) is 22.6 Å². The van der Waals surface area contributed by atoms with Crippen LogP contribution in [0.5, 0.6) is 0 Å². The zero-order valence-corrected chi connectivity index (χ0v) is 11.9. The molecule has 2 rings (SSSR count). The van der Waals surface area contributed by atoms with E-state index in [9.17, 15) is 4.39 Å². The van der Waals surface area contributed by atoms with E-state index in [1.165, 1.54) is 0 Å². The molecule has 0 aliphatic heterocycles. The molecule has 104 valence electrons. The van der Waals surface area contributed by atoms with E-state index in [1.807, 2.05) is 12.1 Å². The second-order valence-electron chi connectivity index (χ2n) is 5.06. The number of nitrogens with one attached hydrogen (secondary N) is 1. The van der Waals surface area contributed by atoms with Gasteiger partial charge in [-0.1, -0.05) is 32.4 Å². The van der Waals surface area contributed by atoms with E-state index in [0.29, 0.717) is 11.1 Å². The van der Waals surface area contributed by atoms with Gasteiger partial charge >= 0.3 is 0 Å². The number of furan rings is 1. The van der Waals surface area contributed by atoms with Crippen LogP contribution in [0.3, 0.4) is 0 Å². The summed E-state index contributed by atoms with van der Waals surface area (Å²) in [7, 11) is 0. The maximum Gasteiger partial charge on any atom is 0.170 e. The predicted octanol–water partition coefficient (Wildman–Crippen LogP) is 4.72. The Bertz CT molecular complexity index is 547. The molecular formula is C16H22FNO. The average molecular weight is 263 g/mol. The van der Waals surface area contributed by atoms with E-state index in [-0.39, 0.29) is 11.9 Å². The van der Waals surface area contributed by atoms with Gasteiger partial charge in [0.25, 0.3) is 0 Å². The lowest BCUT2D eigenvalue weighted by atomic mass is 10.1. The Hall–Kier alpha value is -1.35. The summed E-state index contributed by atoms with van der Waals surface area (Å²) in [5.41, 5.74) is 1.01.